The molecule has 1 aromatic carbocycles. The Bertz CT molecular complexity index is 712. The van der Waals surface area contributed by atoms with Crippen molar-refractivity contribution in [1.82, 2.24) is 9.80 Å². The highest BCUT2D eigenvalue weighted by molar-refractivity contribution is 5.99. The summed E-state index contributed by atoms with van der Waals surface area (Å²) in [4.78, 5) is 16.9. The van der Waals surface area contributed by atoms with Crippen LogP contribution in [0.2, 0.25) is 0 Å². The number of furan rings is 1. The van der Waals surface area contributed by atoms with Gasteiger partial charge in [0.15, 0.2) is 5.76 Å². The molecule has 0 bridgehead atoms. The Labute approximate surface area is 142 Å². The van der Waals surface area contributed by atoms with Crippen LogP contribution in [0.3, 0.4) is 0 Å². The minimum Gasteiger partial charge on any atom is -0.451 e. The zero-order valence-electron chi connectivity index (χ0n) is 14.7. The zero-order chi connectivity index (χ0) is 17.3. The summed E-state index contributed by atoms with van der Waals surface area (Å²) in [5, 5.41) is 10.7. The first-order valence-electron chi connectivity index (χ1n) is 8.60. The van der Waals surface area contributed by atoms with Gasteiger partial charge in [-0.15, -0.1) is 0 Å². The molecule has 1 N–H and O–H groups in total. The summed E-state index contributed by atoms with van der Waals surface area (Å²) in [5.74, 6) is 0.707. The van der Waals surface area contributed by atoms with Crippen molar-refractivity contribution in [3.63, 3.8) is 0 Å². The Hall–Kier alpha value is -1.85. The van der Waals surface area contributed by atoms with Crippen LogP contribution in [0.25, 0.3) is 11.0 Å². The molecule has 1 saturated heterocycles. The summed E-state index contributed by atoms with van der Waals surface area (Å²) in [6, 6.07) is 7.81. The van der Waals surface area contributed by atoms with E-state index < -0.39 is 0 Å². The van der Waals surface area contributed by atoms with E-state index in [0.717, 1.165) is 29.4 Å². The highest BCUT2D eigenvalue weighted by Crippen LogP contribution is 2.29. The van der Waals surface area contributed by atoms with E-state index in [1.165, 1.54) is 0 Å². The van der Waals surface area contributed by atoms with Gasteiger partial charge in [0.2, 0.25) is 0 Å². The third kappa shape index (κ3) is 3.32. The van der Waals surface area contributed by atoms with Crippen molar-refractivity contribution in [2.45, 2.75) is 32.4 Å². The molecule has 1 amide bonds. The molecule has 5 heteroatoms. The number of carbonyl (C=O) groups is 1. The largest absolute Gasteiger partial charge is 0.451 e. The van der Waals surface area contributed by atoms with E-state index in [4.69, 9.17) is 4.42 Å². The fourth-order valence-corrected chi connectivity index (χ4v) is 3.47. The maximum absolute atomic E-state index is 13.0. The van der Waals surface area contributed by atoms with Gasteiger partial charge < -0.3 is 19.3 Å². The second kappa shape index (κ2) is 6.95. The Morgan fingerprint density at radius 3 is 2.62 bits per heavy atom. The third-order valence-electron chi connectivity index (χ3n) is 4.88. The number of carbonyl (C=O) groups excluding carboxylic acids is 1. The number of fused-ring (bicyclic) bond motifs is 1. The quantitative estimate of drug-likeness (QED) is 0.936. The van der Waals surface area contributed by atoms with Crippen LogP contribution < -0.4 is 0 Å². The van der Waals surface area contributed by atoms with Crippen LogP contribution in [0.4, 0.5) is 0 Å². The lowest BCUT2D eigenvalue weighted by atomic mass is 9.92. The number of benzene rings is 1. The molecule has 1 unspecified atom stereocenters. The van der Waals surface area contributed by atoms with Crippen molar-refractivity contribution in [3.05, 3.63) is 35.6 Å². The average molecular weight is 330 g/mol. The molecule has 0 spiro atoms. The van der Waals surface area contributed by atoms with Gasteiger partial charge in [0.25, 0.3) is 5.91 Å². The number of nitrogens with zero attached hydrogens (tertiary/aromatic N) is 2. The number of hydrogen-bond acceptors (Lipinski definition) is 4. The molecule has 0 saturated carbocycles. The lowest BCUT2D eigenvalue weighted by Gasteiger charge is -2.33. The van der Waals surface area contributed by atoms with Crippen molar-refractivity contribution < 1.29 is 14.3 Å². The van der Waals surface area contributed by atoms with Gasteiger partial charge in [0, 0.05) is 30.6 Å². The predicted octanol–water partition coefficient (Wildman–Crippen LogP) is 2.73. The van der Waals surface area contributed by atoms with Crippen LogP contribution in [0.15, 0.2) is 28.7 Å². The highest BCUT2D eigenvalue weighted by Gasteiger charge is 2.30. The van der Waals surface area contributed by atoms with E-state index in [9.17, 15) is 9.90 Å². The molecule has 2 aromatic rings. The lowest BCUT2D eigenvalue weighted by Crippen LogP contribution is -2.41. The Kier molecular flexibility index (Phi) is 4.92. The Morgan fingerprint density at radius 1 is 1.33 bits per heavy atom. The zero-order valence-corrected chi connectivity index (χ0v) is 14.7. The van der Waals surface area contributed by atoms with E-state index in [1.807, 2.05) is 55.1 Å². The van der Waals surface area contributed by atoms with Crippen LogP contribution >= 0.6 is 0 Å². The second-order valence-electron chi connectivity index (χ2n) is 7.01. The predicted molar refractivity (Wildman–Crippen MR) is 93.9 cm³/mol. The highest BCUT2D eigenvalue weighted by atomic mass is 16.3. The van der Waals surface area contributed by atoms with E-state index >= 15 is 0 Å². The number of aliphatic hydroxyl groups excluding tert-OH is 1. The number of likely N-dealkylation sites (tertiary alicyclic amines) is 1. The fourth-order valence-electron chi connectivity index (χ4n) is 3.47. The maximum atomic E-state index is 13.0. The normalized spacial score (nSPS) is 17.6. The Morgan fingerprint density at radius 2 is 2.00 bits per heavy atom. The molecule has 5 nitrogen and oxygen atoms in total. The molecular weight excluding hydrogens is 304 g/mol. The van der Waals surface area contributed by atoms with Gasteiger partial charge >= 0.3 is 0 Å². The van der Waals surface area contributed by atoms with Gasteiger partial charge in [0.05, 0.1) is 6.10 Å². The molecule has 1 fully saturated rings. The topological polar surface area (TPSA) is 56.9 Å². The third-order valence-corrected chi connectivity index (χ3v) is 4.88. The number of hydrogen-bond donors (Lipinski definition) is 1. The average Bonchev–Trinajstić information content (AvgIpc) is 2.92. The van der Waals surface area contributed by atoms with Crippen molar-refractivity contribution in [2.24, 2.45) is 5.92 Å². The second-order valence-corrected chi connectivity index (χ2v) is 7.01. The summed E-state index contributed by atoms with van der Waals surface area (Å²) in [6.07, 6.45) is 1.37. The standard InChI is InChI=1S/C19H26N2O3/c1-13(22)14-8-10-21(11-9-14)19(23)18-16(12-20(2)3)15-6-4-5-7-17(15)24-18/h4-7,13-14,22H,8-12H2,1-3H3. The number of amides is 1. The van der Waals surface area contributed by atoms with Gasteiger partial charge in [-0.2, -0.15) is 0 Å². The molecule has 1 aliphatic heterocycles. The fraction of sp³-hybridized carbons (Fsp3) is 0.526. The van der Waals surface area contributed by atoms with Crippen LogP contribution in [0.5, 0.6) is 0 Å². The first-order valence-corrected chi connectivity index (χ1v) is 8.60. The van der Waals surface area contributed by atoms with Crippen LogP contribution in [-0.2, 0) is 6.54 Å². The summed E-state index contributed by atoms with van der Waals surface area (Å²) < 4.78 is 5.92. The van der Waals surface area contributed by atoms with Gasteiger partial charge in [0.1, 0.15) is 5.58 Å². The maximum Gasteiger partial charge on any atom is 0.289 e. The molecule has 0 aliphatic carbocycles. The molecule has 1 atom stereocenters. The van der Waals surface area contributed by atoms with Crippen LogP contribution in [0.1, 0.15) is 35.9 Å². The number of piperidine rings is 1. The van der Waals surface area contributed by atoms with Gasteiger partial charge in [-0.1, -0.05) is 18.2 Å². The minimum absolute atomic E-state index is 0.0351. The Balaban J connectivity index is 1.87. The van der Waals surface area contributed by atoms with Crippen LogP contribution in [0, 0.1) is 5.92 Å². The molecule has 3 rings (SSSR count). The summed E-state index contributed by atoms with van der Waals surface area (Å²) in [5.41, 5.74) is 1.72. The summed E-state index contributed by atoms with van der Waals surface area (Å²) >= 11 is 0. The van der Waals surface area contributed by atoms with E-state index in [2.05, 4.69) is 0 Å². The van der Waals surface area contributed by atoms with Crippen molar-refractivity contribution in [1.29, 1.82) is 0 Å². The summed E-state index contributed by atoms with van der Waals surface area (Å²) in [7, 11) is 3.98. The molecule has 2 heterocycles. The van der Waals surface area contributed by atoms with Crippen LogP contribution in [-0.4, -0.2) is 54.1 Å². The van der Waals surface area contributed by atoms with Gasteiger partial charge in [-0.05, 0) is 45.8 Å². The number of rotatable bonds is 4. The summed E-state index contributed by atoms with van der Waals surface area (Å²) in [6.45, 7) is 3.85. The molecule has 130 valence electrons. The monoisotopic (exact) mass is 330 g/mol. The van der Waals surface area contributed by atoms with Crippen molar-refractivity contribution in [3.8, 4) is 0 Å². The molecule has 24 heavy (non-hydrogen) atoms. The van der Waals surface area contributed by atoms with Gasteiger partial charge in [-0.25, -0.2) is 0 Å². The van der Waals surface area contributed by atoms with E-state index in [0.29, 0.717) is 25.4 Å². The smallest absolute Gasteiger partial charge is 0.289 e. The molecular formula is C19H26N2O3. The SMILES string of the molecule is CC(O)C1CCN(C(=O)c2oc3ccccc3c2CN(C)C)CC1. The van der Waals surface area contributed by atoms with Crippen molar-refractivity contribution in [2.75, 3.05) is 27.2 Å². The number of para-hydroxylation sites is 1. The molecule has 1 aromatic heterocycles. The van der Waals surface area contributed by atoms with E-state index in [-0.39, 0.29) is 17.9 Å². The first kappa shape index (κ1) is 17.0. The first-order chi connectivity index (χ1) is 11.5. The van der Waals surface area contributed by atoms with E-state index in [1.54, 1.807) is 0 Å². The van der Waals surface area contributed by atoms with Gasteiger partial charge in [-0.3, -0.25) is 4.79 Å². The van der Waals surface area contributed by atoms with Crippen molar-refractivity contribution >= 4 is 16.9 Å². The molecule has 1 aliphatic rings. The minimum atomic E-state index is -0.308. The lowest BCUT2D eigenvalue weighted by molar-refractivity contribution is 0.0498. The number of aliphatic hydroxyl groups is 1. The molecule has 0 radical (unpaired) electrons.